The van der Waals surface area contributed by atoms with Crippen molar-refractivity contribution < 1.29 is 17.4 Å². The molecule has 0 heterocycles. The van der Waals surface area contributed by atoms with Crippen LogP contribution in [0.3, 0.4) is 0 Å². The van der Waals surface area contributed by atoms with Crippen molar-refractivity contribution in [2.45, 2.75) is 40.5 Å². The number of nitrogens with one attached hydrogen (secondary N) is 1. The fourth-order valence-electron chi connectivity index (χ4n) is 0.924. The van der Waals surface area contributed by atoms with Gasteiger partial charge in [-0.05, 0) is 11.8 Å². The van der Waals surface area contributed by atoms with E-state index in [-0.39, 0.29) is 12.0 Å². The highest BCUT2D eigenvalue weighted by Crippen LogP contribution is 2.14. The molecule has 0 unspecified atom stereocenters. The van der Waals surface area contributed by atoms with Crippen LogP contribution in [-0.2, 0) is 19.1 Å². The van der Waals surface area contributed by atoms with Gasteiger partial charge in [0.15, 0.2) is 5.75 Å². The second-order valence-electron chi connectivity index (χ2n) is 5.23. The van der Waals surface area contributed by atoms with E-state index < -0.39 is 21.8 Å². The van der Waals surface area contributed by atoms with Gasteiger partial charge in [0.25, 0.3) is 10.1 Å². The van der Waals surface area contributed by atoms with E-state index in [2.05, 4.69) is 5.32 Å². The lowest BCUT2D eigenvalue weighted by atomic mass is 9.99. The molecule has 0 aliphatic carbocycles. The quantitative estimate of drug-likeness (QED) is 0.556. The molecular formula is C11H23NO4S. The van der Waals surface area contributed by atoms with Gasteiger partial charge in [0.2, 0.25) is 5.91 Å². The highest BCUT2D eigenvalue weighted by Gasteiger charge is 2.20. The summed E-state index contributed by atoms with van der Waals surface area (Å²) < 4.78 is 27.7. The number of carbonyl (C=O) groups excluding carboxylic acids is 1. The molecule has 5 nitrogen and oxygen atoms in total. The van der Waals surface area contributed by atoms with Crippen molar-refractivity contribution in [3.63, 3.8) is 0 Å². The minimum atomic E-state index is -3.76. The Morgan fingerprint density at radius 3 is 2.35 bits per heavy atom. The van der Waals surface area contributed by atoms with E-state index in [4.69, 9.17) is 4.18 Å². The summed E-state index contributed by atoms with van der Waals surface area (Å²) in [5.41, 5.74) is -0.244. The van der Waals surface area contributed by atoms with Crippen molar-refractivity contribution >= 4 is 16.0 Å². The normalized spacial score (nSPS) is 12.5. The SMILES string of the molecule is CCCCNC(=O)CS(=O)(=O)OCC(C)(C)C. The van der Waals surface area contributed by atoms with E-state index >= 15 is 0 Å². The van der Waals surface area contributed by atoms with Gasteiger partial charge in [0.1, 0.15) is 0 Å². The van der Waals surface area contributed by atoms with Gasteiger partial charge in [0, 0.05) is 6.54 Å². The van der Waals surface area contributed by atoms with Crippen molar-refractivity contribution in [2.75, 3.05) is 18.9 Å². The molecule has 17 heavy (non-hydrogen) atoms. The molecular weight excluding hydrogens is 242 g/mol. The number of rotatable bonds is 7. The highest BCUT2D eigenvalue weighted by molar-refractivity contribution is 7.87. The summed E-state index contributed by atoms with van der Waals surface area (Å²) in [4.78, 5) is 11.3. The second kappa shape index (κ2) is 6.96. The first kappa shape index (κ1) is 16.4. The molecule has 0 atom stereocenters. The molecule has 0 rings (SSSR count). The molecule has 0 fully saturated rings. The molecule has 6 heteroatoms. The molecule has 1 amide bonds. The standard InChI is InChI=1S/C11H23NO4S/c1-5-6-7-12-10(13)8-17(14,15)16-9-11(2,3)4/h5-9H2,1-4H3,(H,12,13). The zero-order valence-corrected chi connectivity index (χ0v) is 11.9. The lowest BCUT2D eigenvalue weighted by Crippen LogP contribution is -2.32. The Morgan fingerprint density at radius 1 is 1.29 bits per heavy atom. The van der Waals surface area contributed by atoms with Crippen molar-refractivity contribution in [2.24, 2.45) is 5.41 Å². The van der Waals surface area contributed by atoms with Crippen LogP contribution in [0.1, 0.15) is 40.5 Å². The van der Waals surface area contributed by atoms with Crippen LogP contribution in [0.5, 0.6) is 0 Å². The van der Waals surface area contributed by atoms with Gasteiger partial charge in [-0.1, -0.05) is 34.1 Å². The maximum atomic E-state index is 11.4. The van der Waals surface area contributed by atoms with E-state index in [1.165, 1.54) is 0 Å². The van der Waals surface area contributed by atoms with Crippen molar-refractivity contribution in [3.8, 4) is 0 Å². The van der Waals surface area contributed by atoms with Gasteiger partial charge in [-0.3, -0.25) is 8.98 Å². The Hall–Kier alpha value is -0.620. The maximum Gasteiger partial charge on any atom is 0.276 e. The van der Waals surface area contributed by atoms with Gasteiger partial charge in [0.05, 0.1) is 6.61 Å². The van der Waals surface area contributed by atoms with Gasteiger partial charge < -0.3 is 5.32 Å². The van der Waals surface area contributed by atoms with Gasteiger partial charge in [-0.25, -0.2) is 0 Å². The first-order valence-electron chi connectivity index (χ1n) is 5.80. The minimum absolute atomic E-state index is 0.0809. The maximum absolute atomic E-state index is 11.4. The van der Waals surface area contributed by atoms with E-state index in [0.717, 1.165) is 12.8 Å². The minimum Gasteiger partial charge on any atom is -0.355 e. The Balaban J connectivity index is 4.04. The van der Waals surface area contributed by atoms with Gasteiger partial charge >= 0.3 is 0 Å². The summed E-state index contributed by atoms with van der Waals surface area (Å²) in [5, 5.41) is 2.54. The van der Waals surface area contributed by atoms with Gasteiger partial charge in [-0.2, -0.15) is 8.42 Å². The summed E-state index contributed by atoms with van der Waals surface area (Å²) in [7, 11) is -3.76. The second-order valence-corrected chi connectivity index (χ2v) is 6.87. The molecule has 0 bridgehead atoms. The summed E-state index contributed by atoms with van der Waals surface area (Å²) >= 11 is 0. The Bertz CT molecular complexity index is 330. The molecule has 0 aliphatic heterocycles. The first-order valence-corrected chi connectivity index (χ1v) is 7.38. The molecule has 1 N–H and O–H groups in total. The number of hydrogen-bond donors (Lipinski definition) is 1. The van der Waals surface area contributed by atoms with Crippen LogP contribution in [0, 0.1) is 5.41 Å². The summed E-state index contributed by atoms with van der Waals surface area (Å²) in [6.07, 6.45) is 1.79. The van der Waals surface area contributed by atoms with Crippen LogP contribution >= 0.6 is 0 Å². The van der Waals surface area contributed by atoms with Gasteiger partial charge in [-0.15, -0.1) is 0 Å². The van der Waals surface area contributed by atoms with Crippen molar-refractivity contribution in [3.05, 3.63) is 0 Å². The Morgan fingerprint density at radius 2 is 1.88 bits per heavy atom. The molecule has 0 aromatic carbocycles. The Kier molecular flexibility index (Phi) is 6.70. The molecule has 0 saturated carbocycles. The summed E-state index contributed by atoms with van der Waals surface area (Å²) in [5.74, 6) is -1.11. The summed E-state index contributed by atoms with van der Waals surface area (Å²) in [6, 6.07) is 0. The largest absolute Gasteiger partial charge is 0.355 e. The van der Waals surface area contributed by atoms with E-state index in [0.29, 0.717) is 6.54 Å². The van der Waals surface area contributed by atoms with Crippen LogP contribution in [0.25, 0.3) is 0 Å². The van der Waals surface area contributed by atoms with Crippen molar-refractivity contribution in [1.29, 1.82) is 0 Å². The third-order valence-electron chi connectivity index (χ3n) is 1.83. The lowest BCUT2D eigenvalue weighted by molar-refractivity contribution is -0.118. The average molecular weight is 265 g/mol. The van der Waals surface area contributed by atoms with Crippen LogP contribution in [0.4, 0.5) is 0 Å². The average Bonchev–Trinajstić information content (AvgIpc) is 2.14. The third-order valence-corrected chi connectivity index (χ3v) is 2.92. The van der Waals surface area contributed by atoms with Crippen LogP contribution < -0.4 is 5.32 Å². The van der Waals surface area contributed by atoms with Crippen LogP contribution in [0.2, 0.25) is 0 Å². The zero-order valence-electron chi connectivity index (χ0n) is 11.1. The molecule has 0 aromatic heterocycles. The zero-order chi connectivity index (χ0) is 13.5. The Labute approximate surface area is 104 Å². The van der Waals surface area contributed by atoms with E-state index in [9.17, 15) is 13.2 Å². The van der Waals surface area contributed by atoms with Crippen LogP contribution in [-0.4, -0.2) is 33.2 Å². The predicted octanol–water partition coefficient (Wildman–Crippen LogP) is 1.30. The smallest absolute Gasteiger partial charge is 0.276 e. The third kappa shape index (κ3) is 10.3. The summed E-state index contributed by atoms with van der Waals surface area (Å²) in [6.45, 7) is 8.18. The topological polar surface area (TPSA) is 72.5 Å². The number of hydrogen-bond acceptors (Lipinski definition) is 4. The predicted molar refractivity (Wildman–Crippen MR) is 67.1 cm³/mol. The molecule has 0 saturated heterocycles. The highest BCUT2D eigenvalue weighted by atomic mass is 32.2. The molecule has 0 radical (unpaired) electrons. The first-order chi connectivity index (χ1) is 7.66. The monoisotopic (exact) mass is 265 g/mol. The van der Waals surface area contributed by atoms with Crippen molar-refractivity contribution in [1.82, 2.24) is 5.32 Å². The number of carbonyl (C=O) groups is 1. The molecule has 0 spiro atoms. The van der Waals surface area contributed by atoms with Crippen LogP contribution in [0.15, 0.2) is 0 Å². The fraction of sp³-hybridized carbons (Fsp3) is 0.909. The molecule has 102 valence electrons. The fourth-order valence-corrected chi connectivity index (χ4v) is 1.96. The molecule has 0 aliphatic rings. The number of amides is 1. The number of unbranched alkanes of at least 4 members (excludes halogenated alkanes) is 1. The lowest BCUT2D eigenvalue weighted by Gasteiger charge is -2.17. The molecule has 0 aromatic rings. The van der Waals surface area contributed by atoms with E-state index in [1.54, 1.807) is 0 Å². The van der Waals surface area contributed by atoms with E-state index in [1.807, 2.05) is 27.7 Å².